The molecule has 1 heterocycles. The summed E-state index contributed by atoms with van der Waals surface area (Å²) in [6.45, 7) is 0. The summed E-state index contributed by atoms with van der Waals surface area (Å²) >= 11 is 0. The molecule has 0 saturated carbocycles. The van der Waals surface area contributed by atoms with Crippen LogP contribution in [0.25, 0.3) is 11.1 Å². The van der Waals surface area contributed by atoms with Crippen molar-refractivity contribution in [2.24, 2.45) is 0 Å². The fraction of sp³-hybridized carbons (Fsp3) is 0.0714. The molecule has 0 radical (unpaired) electrons. The Hall–Kier alpha value is -1.92. The topological polar surface area (TPSA) is 60.2 Å². The zero-order valence-corrected chi connectivity index (χ0v) is 12.2. The van der Waals surface area contributed by atoms with Gasteiger partial charge in [0.25, 0.3) is 9.05 Å². The van der Waals surface area contributed by atoms with Crippen LogP contribution in [-0.4, -0.2) is 13.4 Å². The van der Waals surface area contributed by atoms with E-state index in [1.807, 2.05) is 0 Å². The van der Waals surface area contributed by atoms with E-state index in [9.17, 15) is 12.8 Å². The molecule has 0 amide bonds. The zero-order chi connectivity index (χ0) is 15.0. The van der Waals surface area contributed by atoms with Crippen LogP contribution < -0.4 is 0 Å². The number of hydrogen-bond acceptors (Lipinski definition) is 4. The Morgan fingerprint density at radius 1 is 1.14 bits per heavy atom. The maximum atomic E-state index is 12.8. The average Bonchev–Trinajstić information content (AvgIpc) is 2.81. The number of nitrogens with zero attached hydrogens (tertiary/aromatic N) is 1. The Balaban J connectivity index is 1.95. The molecule has 0 saturated heterocycles. The zero-order valence-electron chi connectivity index (χ0n) is 10.6. The number of halogens is 2. The summed E-state index contributed by atoms with van der Waals surface area (Å²) in [6.07, 6.45) is 0.387. The number of benzene rings is 2. The lowest BCUT2D eigenvalue weighted by atomic mass is 10.1. The monoisotopic (exact) mass is 325 g/mol. The van der Waals surface area contributed by atoms with Crippen molar-refractivity contribution in [3.8, 4) is 0 Å². The van der Waals surface area contributed by atoms with Gasteiger partial charge in [-0.15, -0.1) is 0 Å². The number of hydrogen-bond donors (Lipinski definition) is 0. The van der Waals surface area contributed by atoms with Crippen LogP contribution in [0.2, 0.25) is 0 Å². The average molecular weight is 326 g/mol. The molecule has 0 aliphatic heterocycles. The van der Waals surface area contributed by atoms with Gasteiger partial charge in [-0.05, 0) is 29.8 Å². The molecule has 21 heavy (non-hydrogen) atoms. The van der Waals surface area contributed by atoms with Crippen molar-refractivity contribution in [3.63, 3.8) is 0 Å². The van der Waals surface area contributed by atoms with Gasteiger partial charge in [0, 0.05) is 23.2 Å². The second-order valence-corrected chi connectivity index (χ2v) is 7.04. The summed E-state index contributed by atoms with van der Waals surface area (Å²) in [4.78, 5) is 4.21. The van der Waals surface area contributed by atoms with Crippen molar-refractivity contribution in [2.75, 3.05) is 0 Å². The smallest absolute Gasteiger partial charge is 0.261 e. The number of oxazole rings is 1. The summed E-state index contributed by atoms with van der Waals surface area (Å²) in [6, 6.07) is 10.2. The van der Waals surface area contributed by atoms with E-state index in [1.165, 1.54) is 30.3 Å². The predicted octanol–water partition coefficient (Wildman–Crippen LogP) is 3.49. The van der Waals surface area contributed by atoms with Crippen LogP contribution in [0.15, 0.2) is 51.8 Å². The van der Waals surface area contributed by atoms with Crippen LogP contribution in [-0.2, 0) is 15.5 Å². The summed E-state index contributed by atoms with van der Waals surface area (Å²) < 4.78 is 40.9. The van der Waals surface area contributed by atoms with Crippen LogP contribution in [0.5, 0.6) is 0 Å². The molecule has 3 rings (SSSR count). The number of rotatable bonds is 3. The normalized spacial score (nSPS) is 11.9. The minimum Gasteiger partial charge on any atom is -0.440 e. The summed E-state index contributed by atoms with van der Waals surface area (Å²) in [5.74, 6) is 0.106. The van der Waals surface area contributed by atoms with Crippen LogP contribution in [0.4, 0.5) is 4.39 Å². The number of fused-ring (bicyclic) bond motifs is 1. The Kier molecular flexibility index (Phi) is 3.43. The van der Waals surface area contributed by atoms with E-state index in [0.29, 0.717) is 23.4 Å². The van der Waals surface area contributed by atoms with Crippen LogP contribution in [0, 0.1) is 5.82 Å². The molecule has 0 atom stereocenters. The SMILES string of the molecule is O=S(=O)(Cl)c1ccc2nc(Cc3ccc(F)cc3)oc2c1. The first-order valence-corrected chi connectivity index (χ1v) is 8.31. The van der Waals surface area contributed by atoms with Gasteiger partial charge in [0.1, 0.15) is 11.3 Å². The minimum atomic E-state index is -3.81. The Labute approximate surface area is 124 Å². The van der Waals surface area contributed by atoms with Gasteiger partial charge < -0.3 is 4.42 Å². The largest absolute Gasteiger partial charge is 0.440 e. The van der Waals surface area contributed by atoms with Gasteiger partial charge in [-0.3, -0.25) is 0 Å². The maximum absolute atomic E-state index is 12.8. The van der Waals surface area contributed by atoms with Crippen LogP contribution >= 0.6 is 10.7 Å². The van der Waals surface area contributed by atoms with Crippen LogP contribution in [0.1, 0.15) is 11.5 Å². The van der Waals surface area contributed by atoms with E-state index in [2.05, 4.69) is 4.98 Å². The molecule has 0 N–H and O–H groups in total. The highest BCUT2D eigenvalue weighted by Gasteiger charge is 2.13. The predicted molar refractivity (Wildman–Crippen MR) is 76.3 cm³/mol. The molecule has 0 spiro atoms. The minimum absolute atomic E-state index is 0.0406. The Bertz CT molecular complexity index is 904. The lowest BCUT2D eigenvalue weighted by Gasteiger charge is -1.96. The molecular formula is C14H9ClFNO3S. The molecule has 0 fully saturated rings. The van der Waals surface area contributed by atoms with Crippen molar-refractivity contribution < 1.29 is 17.2 Å². The quantitative estimate of drug-likeness (QED) is 0.692. The Morgan fingerprint density at radius 3 is 2.52 bits per heavy atom. The van der Waals surface area contributed by atoms with Gasteiger partial charge in [0.2, 0.25) is 0 Å². The molecule has 1 aromatic heterocycles. The summed E-state index contributed by atoms with van der Waals surface area (Å²) in [7, 11) is 1.48. The fourth-order valence-corrected chi connectivity index (χ4v) is 2.72. The third-order valence-corrected chi connectivity index (χ3v) is 4.31. The molecule has 0 aliphatic rings. The van der Waals surface area contributed by atoms with Gasteiger partial charge in [-0.2, -0.15) is 0 Å². The van der Waals surface area contributed by atoms with E-state index in [4.69, 9.17) is 15.1 Å². The standard InChI is InChI=1S/C14H9ClFNO3S/c15-21(18,19)11-5-6-12-13(8-11)20-14(17-12)7-9-1-3-10(16)4-2-9/h1-6,8H,7H2. The molecule has 3 aromatic rings. The molecular weight excluding hydrogens is 317 g/mol. The molecule has 0 aliphatic carbocycles. The van der Waals surface area contributed by atoms with Crippen LogP contribution in [0.3, 0.4) is 0 Å². The second-order valence-electron chi connectivity index (χ2n) is 4.48. The van der Waals surface area contributed by atoms with Gasteiger partial charge in [0.05, 0.1) is 4.90 Å². The van der Waals surface area contributed by atoms with E-state index >= 15 is 0 Å². The van der Waals surface area contributed by atoms with Gasteiger partial charge in [-0.25, -0.2) is 17.8 Å². The summed E-state index contributed by atoms with van der Waals surface area (Å²) in [5, 5.41) is 0. The van der Waals surface area contributed by atoms with E-state index in [1.54, 1.807) is 12.1 Å². The first-order valence-electron chi connectivity index (χ1n) is 6.00. The summed E-state index contributed by atoms with van der Waals surface area (Å²) in [5.41, 5.74) is 1.72. The van der Waals surface area contributed by atoms with Crippen molar-refractivity contribution >= 4 is 30.8 Å². The highest BCUT2D eigenvalue weighted by Crippen LogP contribution is 2.23. The third-order valence-electron chi connectivity index (χ3n) is 2.95. The van der Waals surface area contributed by atoms with E-state index in [-0.39, 0.29) is 10.7 Å². The first-order chi connectivity index (χ1) is 9.91. The highest BCUT2D eigenvalue weighted by molar-refractivity contribution is 8.13. The van der Waals surface area contributed by atoms with Gasteiger partial charge in [0.15, 0.2) is 11.5 Å². The van der Waals surface area contributed by atoms with Crippen molar-refractivity contribution in [1.82, 2.24) is 4.98 Å². The van der Waals surface area contributed by atoms with Gasteiger partial charge in [-0.1, -0.05) is 12.1 Å². The molecule has 0 unspecified atom stereocenters. The molecule has 108 valence electrons. The van der Waals surface area contributed by atoms with Crippen molar-refractivity contribution in [3.05, 3.63) is 59.7 Å². The lowest BCUT2D eigenvalue weighted by Crippen LogP contribution is -1.89. The fourth-order valence-electron chi connectivity index (χ4n) is 1.96. The van der Waals surface area contributed by atoms with Crippen molar-refractivity contribution in [2.45, 2.75) is 11.3 Å². The molecule has 0 bridgehead atoms. The maximum Gasteiger partial charge on any atom is 0.261 e. The molecule has 7 heteroatoms. The van der Waals surface area contributed by atoms with Gasteiger partial charge >= 0.3 is 0 Å². The van der Waals surface area contributed by atoms with E-state index in [0.717, 1.165) is 5.56 Å². The third kappa shape index (κ3) is 3.06. The molecule has 2 aromatic carbocycles. The Morgan fingerprint density at radius 2 is 1.86 bits per heavy atom. The van der Waals surface area contributed by atoms with Crippen molar-refractivity contribution in [1.29, 1.82) is 0 Å². The highest BCUT2D eigenvalue weighted by atomic mass is 35.7. The second kappa shape index (κ2) is 5.13. The van der Waals surface area contributed by atoms with E-state index < -0.39 is 9.05 Å². The lowest BCUT2D eigenvalue weighted by molar-refractivity contribution is 0.542. The first kappa shape index (κ1) is 14.0. The number of aromatic nitrogens is 1. The molecule has 4 nitrogen and oxygen atoms in total.